The molecule has 0 fully saturated rings. The minimum absolute atomic E-state index is 0.245. The number of nitrogens with one attached hydrogen (secondary N) is 3. The van der Waals surface area contributed by atoms with Gasteiger partial charge in [0.05, 0.1) is 23.9 Å². The lowest BCUT2D eigenvalue weighted by Crippen LogP contribution is -2.39. The number of aliphatic imine (C=N–C) groups is 1. The van der Waals surface area contributed by atoms with Crippen molar-refractivity contribution < 1.29 is 14.7 Å². The van der Waals surface area contributed by atoms with E-state index in [9.17, 15) is 14.7 Å². The van der Waals surface area contributed by atoms with E-state index >= 15 is 0 Å². The van der Waals surface area contributed by atoms with E-state index in [1.807, 2.05) is 71.7 Å². The van der Waals surface area contributed by atoms with Gasteiger partial charge in [0, 0.05) is 45.7 Å². The second-order valence-corrected chi connectivity index (χ2v) is 11.8. The van der Waals surface area contributed by atoms with Crippen LogP contribution in [0.5, 0.6) is 0 Å². The average molecular weight is 623 g/mol. The Kier molecular flexibility index (Phi) is 8.60. The maximum Gasteiger partial charge on any atom is 0.270 e. The van der Waals surface area contributed by atoms with Crippen molar-refractivity contribution in [3.05, 3.63) is 106 Å². The summed E-state index contributed by atoms with van der Waals surface area (Å²) >= 11 is 3.06. The molecule has 0 aliphatic heterocycles. The van der Waals surface area contributed by atoms with Crippen LogP contribution in [0.1, 0.15) is 32.0 Å². The number of rotatable bonds is 11. The molecule has 6 aromatic rings. The van der Waals surface area contributed by atoms with Crippen LogP contribution in [0.25, 0.3) is 27.8 Å². The van der Waals surface area contributed by atoms with Gasteiger partial charge in [-0.25, -0.2) is 4.98 Å². The Morgan fingerprint density at radius 2 is 2.02 bits per heavy atom. The Bertz CT molecular complexity index is 1980. The highest BCUT2D eigenvalue weighted by atomic mass is 32.2. The predicted molar refractivity (Wildman–Crippen MR) is 177 cm³/mol. The van der Waals surface area contributed by atoms with Gasteiger partial charge in [-0.3, -0.25) is 19.0 Å². The lowest BCUT2D eigenvalue weighted by Gasteiger charge is -2.16. The minimum Gasteiger partial charge on any atom is -0.394 e. The first kappa shape index (κ1) is 29.4. The van der Waals surface area contributed by atoms with E-state index in [1.165, 1.54) is 11.3 Å². The molecule has 44 heavy (non-hydrogen) atoms. The first-order valence-electron chi connectivity index (χ1n) is 13.9. The normalized spacial score (nSPS) is 12.0. The minimum atomic E-state index is -0.539. The van der Waals surface area contributed by atoms with Gasteiger partial charge >= 0.3 is 0 Å². The molecule has 2 aromatic carbocycles. The quantitative estimate of drug-likeness (QED) is 0.106. The van der Waals surface area contributed by atoms with E-state index in [2.05, 4.69) is 27.3 Å². The lowest BCUT2D eigenvalue weighted by molar-refractivity contribution is 0.0909. The summed E-state index contributed by atoms with van der Waals surface area (Å²) in [5.41, 5.74) is 5.95. The molecule has 2 amide bonds. The molecule has 6 rings (SSSR count). The van der Waals surface area contributed by atoms with Crippen molar-refractivity contribution in [1.29, 1.82) is 0 Å². The molecule has 9 nitrogen and oxygen atoms in total. The number of fused-ring (bicyclic) bond motifs is 2. The molecule has 1 atom stereocenters. The topological polar surface area (TPSA) is 124 Å². The van der Waals surface area contributed by atoms with Crippen molar-refractivity contribution in [2.24, 2.45) is 4.99 Å². The van der Waals surface area contributed by atoms with Crippen molar-refractivity contribution in [3.63, 3.8) is 0 Å². The highest BCUT2D eigenvalue weighted by molar-refractivity contribution is 7.98. The zero-order chi connectivity index (χ0) is 30.6. The molecule has 0 spiro atoms. The van der Waals surface area contributed by atoms with Crippen LogP contribution < -0.4 is 10.6 Å². The molecular weight excluding hydrogens is 593 g/mol. The highest BCUT2D eigenvalue weighted by Gasteiger charge is 2.26. The average Bonchev–Trinajstić information content (AvgIpc) is 3.82. The van der Waals surface area contributed by atoms with E-state index in [4.69, 9.17) is 4.98 Å². The molecule has 0 aliphatic rings. The number of H-pyrrole nitrogens is 1. The van der Waals surface area contributed by atoms with Crippen LogP contribution in [0, 0.1) is 0 Å². The summed E-state index contributed by atoms with van der Waals surface area (Å²) < 4.78 is 1.65. The maximum absolute atomic E-state index is 13.9. The number of thiophene rings is 1. The van der Waals surface area contributed by atoms with Gasteiger partial charge in [0.2, 0.25) is 0 Å². The molecule has 0 saturated heterocycles. The zero-order valence-corrected chi connectivity index (χ0v) is 25.5. The number of carbonyl (C=O) groups is 2. The van der Waals surface area contributed by atoms with Crippen molar-refractivity contribution >= 4 is 63.9 Å². The molecule has 4 heterocycles. The number of hydrogen-bond acceptors (Lipinski definition) is 7. The van der Waals surface area contributed by atoms with Gasteiger partial charge < -0.3 is 20.7 Å². The third-order valence-electron chi connectivity index (χ3n) is 7.47. The van der Waals surface area contributed by atoms with Gasteiger partial charge in [-0.05, 0) is 72.3 Å². The number of para-hydroxylation sites is 1. The number of imidazole rings is 1. The predicted octanol–water partition coefficient (Wildman–Crippen LogP) is 5.86. The second-order valence-electron chi connectivity index (χ2n) is 10.2. The number of aromatic nitrogens is 3. The number of thioether (sulfide) groups is 1. The summed E-state index contributed by atoms with van der Waals surface area (Å²) in [5.74, 6) is -0.704. The van der Waals surface area contributed by atoms with Gasteiger partial charge in [0.15, 0.2) is 5.65 Å². The van der Waals surface area contributed by atoms with E-state index in [-0.39, 0.29) is 12.5 Å². The summed E-state index contributed by atoms with van der Waals surface area (Å²) in [7, 11) is 0. The smallest absolute Gasteiger partial charge is 0.270 e. The van der Waals surface area contributed by atoms with E-state index in [1.54, 1.807) is 34.5 Å². The number of carbonyl (C=O) groups excluding carboxylic acids is 2. The molecule has 4 aromatic heterocycles. The number of hydrogen-bond donors (Lipinski definition) is 4. The van der Waals surface area contributed by atoms with Crippen LogP contribution in [0.2, 0.25) is 0 Å². The molecule has 0 bridgehead atoms. The van der Waals surface area contributed by atoms with Crippen LogP contribution in [-0.2, 0) is 13.0 Å². The Labute approximate surface area is 262 Å². The van der Waals surface area contributed by atoms with Crippen molar-refractivity contribution in [2.75, 3.05) is 12.9 Å². The molecule has 0 aliphatic carbocycles. The SMILES string of the molecule is C=Nc1ccc(CNC(=O)c2cccn3c(C(=O)N[C@H](CO)Cc4c[nH]c5ccccc45)c(-c4ccsc4)nc23)cc1SC. The van der Waals surface area contributed by atoms with Crippen LogP contribution >= 0.6 is 23.1 Å². The summed E-state index contributed by atoms with van der Waals surface area (Å²) in [6.07, 6.45) is 6.03. The molecule has 0 saturated carbocycles. The molecule has 0 unspecified atom stereocenters. The number of amides is 2. The maximum atomic E-state index is 13.9. The van der Waals surface area contributed by atoms with E-state index in [0.717, 1.165) is 38.2 Å². The van der Waals surface area contributed by atoms with Crippen LogP contribution in [-0.4, -0.2) is 56.9 Å². The largest absolute Gasteiger partial charge is 0.394 e. The monoisotopic (exact) mass is 622 g/mol. The van der Waals surface area contributed by atoms with E-state index in [0.29, 0.717) is 35.6 Å². The first-order chi connectivity index (χ1) is 21.5. The third kappa shape index (κ3) is 5.77. The Balaban J connectivity index is 1.29. The van der Waals surface area contributed by atoms with Crippen LogP contribution in [0.15, 0.2) is 93.7 Å². The molecule has 11 heteroatoms. The first-order valence-corrected chi connectivity index (χ1v) is 16.1. The molecule has 0 radical (unpaired) electrons. The fraction of sp³-hybridized carbons (Fsp3) is 0.152. The molecule has 4 N–H and O–H groups in total. The summed E-state index contributed by atoms with van der Waals surface area (Å²) in [6.45, 7) is 3.68. The summed E-state index contributed by atoms with van der Waals surface area (Å²) in [5, 5.41) is 21.1. The number of nitrogens with zero attached hydrogens (tertiary/aromatic N) is 3. The van der Waals surface area contributed by atoms with Gasteiger partial charge in [0.1, 0.15) is 11.4 Å². The number of aliphatic hydroxyl groups is 1. The van der Waals surface area contributed by atoms with Crippen LogP contribution in [0.3, 0.4) is 0 Å². The Morgan fingerprint density at radius 3 is 2.80 bits per heavy atom. The summed E-state index contributed by atoms with van der Waals surface area (Å²) in [6, 6.07) is 18.5. The fourth-order valence-electron chi connectivity index (χ4n) is 5.28. The van der Waals surface area contributed by atoms with Gasteiger partial charge in [-0.1, -0.05) is 24.3 Å². The Hall–Kier alpha value is -4.71. The molecular formula is C33H30N6O3S2. The fourth-order valence-corrected chi connectivity index (χ4v) is 6.53. The number of pyridine rings is 1. The summed E-state index contributed by atoms with van der Waals surface area (Å²) in [4.78, 5) is 40.4. The number of aromatic amines is 1. The second kappa shape index (κ2) is 12.9. The Morgan fingerprint density at radius 1 is 1.16 bits per heavy atom. The number of aliphatic hydroxyl groups excluding tert-OH is 1. The van der Waals surface area contributed by atoms with E-state index < -0.39 is 11.9 Å². The van der Waals surface area contributed by atoms with Gasteiger partial charge in [0.25, 0.3) is 11.8 Å². The standard InChI is InChI=1S/C33H30N6O3S2/c1-34-27-10-9-20(14-28(27)43-2)16-36-32(41)25-7-5-12-39-30(29(38-31(25)39)21-11-13-44-19-21)33(42)37-23(18-40)15-22-17-35-26-8-4-3-6-24(22)26/h3-14,17,19,23,35,40H,1,15-16,18H2,2H3,(H,36,41)(H,37,42)/t23-/m0/s1. The zero-order valence-electron chi connectivity index (χ0n) is 23.9. The number of benzene rings is 2. The van der Waals surface area contributed by atoms with Crippen molar-refractivity contribution in [1.82, 2.24) is 25.0 Å². The van der Waals surface area contributed by atoms with Crippen molar-refractivity contribution in [3.8, 4) is 11.3 Å². The van der Waals surface area contributed by atoms with Gasteiger partial charge in [-0.2, -0.15) is 11.3 Å². The van der Waals surface area contributed by atoms with Crippen LogP contribution in [0.4, 0.5) is 5.69 Å². The third-order valence-corrected chi connectivity index (χ3v) is 8.92. The highest BCUT2D eigenvalue weighted by Crippen LogP contribution is 2.30. The lowest BCUT2D eigenvalue weighted by atomic mass is 10.0. The van der Waals surface area contributed by atoms with Gasteiger partial charge in [-0.15, -0.1) is 11.8 Å². The van der Waals surface area contributed by atoms with Crippen molar-refractivity contribution in [2.45, 2.75) is 23.9 Å². The molecule has 222 valence electrons.